The molecule has 1 aromatic heterocycles. The van der Waals surface area contributed by atoms with Gasteiger partial charge in [-0.3, -0.25) is 9.69 Å². The van der Waals surface area contributed by atoms with Gasteiger partial charge in [-0.05, 0) is 24.6 Å². The predicted molar refractivity (Wildman–Crippen MR) is 117 cm³/mol. The van der Waals surface area contributed by atoms with E-state index >= 15 is 0 Å². The van der Waals surface area contributed by atoms with Gasteiger partial charge in [0.2, 0.25) is 17.6 Å². The lowest BCUT2D eigenvalue weighted by Crippen LogP contribution is -2.49. The molecule has 1 unspecified atom stereocenters. The Labute approximate surface area is 186 Å². The number of amides is 1. The van der Waals surface area contributed by atoms with E-state index in [-0.39, 0.29) is 11.9 Å². The molecule has 8 heteroatoms. The van der Waals surface area contributed by atoms with Gasteiger partial charge < -0.3 is 18.9 Å². The van der Waals surface area contributed by atoms with Gasteiger partial charge in [0.15, 0.2) is 11.5 Å². The maximum atomic E-state index is 12.8. The second kappa shape index (κ2) is 9.00. The van der Waals surface area contributed by atoms with E-state index in [2.05, 4.69) is 22.0 Å². The molecule has 1 saturated heterocycles. The molecule has 0 N–H and O–H groups in total. The molecule has 5 rings (SSSR count). The summed E-state index contributed by atoms with van der Waals surface area (Å²) in [5.41, 5.74) is 1.87. The van der Waals surface area contributed by atoms with E-state index in [1.807, 2.05) is 53.4 Å². The van der Waals surface area contributed by atoms with Crippen LogP contribution in [0.15, 0.2) is 53.1 Å². The Hall–Kier alpha value is -3.39. The van der Waals surface area contributed by atoms with Gasteiger partial charge in [-0.2, -0.15) is 4.98 Å². The van der Waals surface area contributed by atoms with Crippen molar-refractivity contribution in [1.29, 1.82) is 0 Å². The van der Waals surface area contributed by atoms with E-state index in [0.717, 1.165) is 35.7 Å². The molecule has 1 atom stereocenters. The van der Waals surface area contributed by atoms with Gasteiger partial charge in [0, 0.05) is 31.7 Å². The molecule has 2 aliphatic rings. The highest BCUT2D eigenvalue weighted by atomic mass is 16.6. The van der Waals surface area contributed by atoms with E-state index < -0.39 is 0 Å². The zero-order chi connectivity index (χ0) is 21.9. The Bertz CT molecular complexity index is 1080. The molecule has 3 heterocycles. The first kappa shape index (κ1) is 20.5. The third-order valence-electron chi connectivity index (χ3n) is 6.01. The number of benzene rings is 2. The van der Waals surface area contributed by atoms with Crippen LogP contribution in [-0.2, 0) is 11.2 Å². The monoisotopic (exact) mass is 434 g/mol. The standard InChI is InChI=1S/C24H26N4O4/c1-17(24-25-23(26-32-24)19-5-3-2-4-6-19)27-9-11-28(12-10-27)22(29)16-18-7-8-20-21(15-18)31-14-13-30-20/h2-8,15,17H,9-14,16H2,1H3. The van der Waals surface area contributed by atoms with Crippen LogP contribution in [0.4, 0.5) is 0 Å². The van der Waals surface area contributed by atoms with Crippen molar-refractivity contribution in [1.82, 2.24) is 19.9 Å². The molecule has 0 bridgehead atoms. The van der Waals surface area contributed by atoms with Gasteiger partial charge in [-0.1, -0.05) is 41.6 Å². The number of rotatable bonds is 5. The Balaban J connectivity index is 1.16. The van der Waals surface area contributed by atoms with Gasteiger partial charge >= 0.3 is 0 Å². The molecule has 2 aliphatic heterocycles. The summed E-state index contributed by atoms with van der Waals surface area (Å²) in [7, 11) is 0. The van der Waals surface area contributed by atoms with Crippen LogP contribution >= 0.6 is 0 Å². The molecular formula is C24H26N4O4. The van der Waals surface area contributed by atoms with Crippen LogP contribution in [0.5, 0.6) is 11.5 Å². The molecule has 0 saturated carbocycles. The highest BCUT2D eigenvalue weighted by molar-refractivity contribution is 5.79. The zero-order valence-electron chi connectivity index (χ0n) is 18.1. The number of nitrogens with zero attached hydrogens (tertiary/aromatic N) is 4. The quantitative estimate of drug-likeness (QED) is 0.611. The van der Waals surface area contributed by atoms with Crippen molar-refractivity contribution in [3.05, 3.63) is 60.0 Å². The highest BCUT2D eigenvalue weighted by Crippen LogP contribution is 2.31. The van der Waals surface area contributed by atoms with Crippen molar-refractivity contribution in [2.75, 3.05) is 39.4 Å². The summed E-state index contributed by atoms with van der Waals surface area (Å²) in [4.78, 5) is 21.6. The number of ether oxygens (including phenoxy) is 2. The van der Waals surface area contributed by atoms with Crippen molar-refractivity contribution in [2.24, 2.45) is 0 Å². The summed E-state index contributed by atoms with van der Waals surface area (Å²) in [6, 6.07) is 15.5. The molecule has 166 valence electrons. The largest absolute Gasteiger partial charge is 0.486 e. The number of fused-ring (bicyclic) bond motifs is 1. The number of aromatic nitrogens is 2. The van der Waals surface area contributed by atoms with Gasteiger partial charge in [0.25, 0.3) is 0 Å². The van der Waals surface area contributed by atoms with Gasteiger partial charge in [-0.25, -0.2) is 0 Å². The van der Waals surface area contributed by atoms with E-state index in [0.29, 0.717) is 44.4 Å². The molecule has 0 radical (unpaired) electrons. The first-order chi connectivity index (χ1) is 15.7. The highest BCUT2D eigenvalue weighted by Gasteiger charge is 2.28. The van der Waals surface area contributed by atoms with Crippen molar-refractivity contribution in [3.8, 4) is 22.9 Å². The van der Waals surface area contributed by atoms with Crippen molar-refractivity contribution in [2.45, 2.75) is 19.4 Å². The zero-order valence-corrected chi connectivity index (χ0v) is 18.1. The molecule has 0 spiro atoms. The molecule has 2 aromatic carbocycles. The van der Waals surface area contributed by atoms with Crippen molar-refractivity contribution < 1.29 is 18.8 Å². The maximum absolute atomic E-state index is 12.8. The van der Waals surface area contributed by atoms with Gasteiger partial charge in [-0.15, -0.1) is 0 Å². The molecule has 1 fully saturated rings. The van der Waals surface area contributed by atoms with Crippen LogP contribution in [0, 0.1) is 0 Å². The molecule has 0 aliphatic carbocycles. The smallest absolute Gasteiger partial charge is 0.244 e. The van der Waals surface area contributed by atoms with E-state index in [4.69, 9.17) is 14.0 Å². The Morgan fingerprint density at radius 1 is 1.00 bits per heavy atom. The minimum absolute atomic E-state index is 0.00462. The van der Waals surface area contributed by atoms with Crippen LogP contribution in [0.2, 0.25) is 0 Å². The van der Waals surface area contributed by atoms with Gasteiger partial charge in [0.1, 0.15) is 13.2 Å². The Morgan fingerprint density at radius 3 is 2.53 bits per heavy atom. The third kappa shape index (κ3) is 4.31. The first-order valence-corrected chi connectivity index (χ1v) is 11.0. The van der Waals surface area contributed by atoms with E-state index in [1.165, 1.54) is 0 Å². The normalized spacial score (nSPS) is 17.2. The number of piperazine rings is 1. The summed E-state index contributed by atoms with van der Waals surface area (Å²) in [6.45, 7) is 6.03. The summed E-state index contributed by atoms with van der Waals surface area (Å²) >= 11 is 0. The molecule has 32 heavy (non-hydrogen) atoms. The minimum Gasteiger partial charge on any atom is -0.486 e. The topological polar surface area (TPSA) is 80.9 Å². The Kier molecular flexibility index (Phi) is 5.77. The number of hydrogen-bond donors (Lipinski definition) is 0. The van der Waals surface area contributed by atoms with Crippen LogP contribution in [-0.4, -0.2) is 65.2 Å². The second-order valence-electron chi connectivity index (χ2n) is 8.07. The predicted octanol–water partition coefficient (Wildman–Crippen LogP) is 2.96. The number of carbonyl (C=O) groups is 1. The summed E-state index contributed by atoms with van der Waals surface area (Å²) < 4.78 is 16.7. The summed E-state index contributed by atoms with van der Waals surface area (Å²) in [6.07, 6.45) is 0.357. The number of hydrogen-bond acceptors (Lipinski definition) is 7. The second-order valence-corrected chi connectivity index (χ2v) is 8.07. The maximum Gasteiger partial charge on any atom is 0.244 e. The minimum atomic E-state index is -0.00462. The average molecular weight is 434 g/mol. The molecule has 1 amide bonds. The Morgan fingerprint density at radius 2 is 1.75 bits per heavy atom. The summed E-state index contributed by atoms with van der Waals surface area (Å²) in [5, 5.41) is 4.13. The van der Waals surface area contributed by atoms with E-state index in [1.54, 1.807) is 0 Å². The molecular weight excluding hydrogens is 408 g/mol. The average Bonchev–Trinajstić information content (AvgIpc) is 3.34. The van der Waals surface area contributed by atoms with Crippen molar-refractivity contribution >= 4 is 5.91 Å². The lowest BCUT2D eigenvalue weighted by molar-refractivity contribution is -0.132. The SMILES string of the molecule is CC(c1nc(-c2ccccc2)no1)N1CCN(C(=O)Cc2ccc3c(c2)OCCO3)CC1. The lowest BCUT2D eigenvalue weighted by Gasteiger charge is -2.36. The van der Waals surface area contributed by atoms with Crippen LogP contribution in [0.1, 0.15) is 24.4 Å². The van der Waals surface area contributed by atoms with Crippen LogP contribution < -0.4 is 9.47 Å². The van der Waals surface area contributed by atoms with E-state index in [9.17, 15) is 4.79 Å². The van der Waals surface area contributed by atoms with Gasteiger partial charge in [0.05, 0.1) is 12.5 Å². The molecule has 3 aromatic rings. The van der Waals surface area contributed by atoms with Crippen LogP contribution in [0.25, 0.3) is 11.4 Å². The van der Waals surface area contributed by atoms with Crippen LogP contribution in [0.3, 0.4) is 0 Å². The first-order valence-electron chi connectivity index (χ1n) is 11.0. The third-order valence-corrected chi connectivity index (χ3v) is 6.01. The molecule has 8 nitrogen and oxygen atoms in total. The number of carbonyl (C=O) groups excluding carboxylic acids is 1. The fraction of sp³-hybridized carbons (Fsp3) is 0.375. The lowest BCUT2D eigenvalue weighted by atomic mass is 10.1. The van der Waals surface area contributed by atoms with Crippen molar-refractivity contribution in [3.63, 3.8) is 0 Å². The fourth-order valence-corrected chi connectivity index (χ4v) is 4.11. The summed E-state index contributed by atoms with van der Waals surface area (Å²) in [5.74, 6) is 2.78. The fourth-order valence-electron chi connectivity index (χ4n) is 4.11.